The minimum absolute atomic E-state index is 0. The van der Waals surface area contributed by atoms with Gasteiger partial charge in [0.15, 0.2) is 5.96 Å². The molecule has 1 heterocycles. The van der Waals surface area contributed by atoms with Gasteiger partial charge in [0.1, 0.15) is 17.2 Å². The number of rotatable bonds is 12. The Morgan fingerprint density at radius 2 is 1.87 bits per heavy atom. The van der Waals surface area contributed by atoms with E-state index in [0.717, 1.165) is 38.5 Å². The first-order valence-corrected chi connectivity index (χ1v) is 10.2. The standard InChI is InChI=1S/C21H35N3O5.HI/c1-4-22-20(24-15-21(6-9-25)7-11-28-16-21)23-8-5-10-29-19-13-17(26-2)12-18(14-19)27-3;/h12-14,25H,4-11,15-16H2,1-3H3,(H2,22,23,24);1H. The Morgan fingerprint density at radius 1 is 1.17 bits per heavy atom. The molecule has 2 rings (SSSR count). The second kappa shape index (κ2) is 14.5. The summed E-state index contributed by atoms with van der Waals surface area (Å²) >= 11 is 0. The molecule has 1 aromatic rings. The summed E-state index contributed by atoms with van der Waals surface area (Å²) in [6.45, 7) is 6.33. The molecule has 0 aromatic heterocycles. The van der Waals surface area contributed by atoms with Crippen molar-refractivity contribution in [1.82, 2.24) is 10.6 Å². The van der Waals surface area contributed by atoms with Gasteiger partial charge in [0.2, 0.25) is 0 Å². The Labute approximate surface area is 196 Å². The number of benzene rings is 1. The van der Waals surface area contributed by atoms with Crippen molar-refractivity contribution in [2.45, 2.75) is 26.2 Å². The van der Waals surface area contributed by atoms with Gasteiger partial charge in [-0.15, -0.1) is 24.0 Å². The molecule has 1 aliphatic heterocycles. The SMILES string of the molecule is CCNC(=NCC1(CCO)CCOC1)NCCCOc1cc(OC)cc(OC)c1.I. The highest BCUT2D eigenvalue weighted by Gasteiger charge is 2.34. The predicted molar refractivity (Wildman–Crippen MR) is 129 cm³/mol. The van der Waals surface area contributed by atoms with Crippen LogP contribution in [0.5, 0.6) is 17.2 Å². The molecular weight excluding hydrogens is 501 g/mol. The number of halogens is 1. The van der Waals surface area contributed by atoms with Gasteiger partial charge < -0.3 is 34.7 Å². The molecule has 0 spiro atoms. The summed E-state index contributed by atoms with van der Waals surface area (Å²) in [5.74, 6) is 2.90. The van der Waals surface area contributed by atoms with Crippen LogP contribution in [0, 0.1) is 5.41 Å². The molecule has 0 saturated carbocycles. The van der Waals surface area contributed by atoms with Gasteiger partial charge in [-0.05, 0) is 26.2 Å². The minimum Gasteiger partial charge on any atom is -0.496 e. The zero-order chi connectivity index (χ0) is 21.0. The second-order valence-corrected chi connectivity index (χ2v) is 7.15. The monoisotopic (exact) mass is 537 g/mol. The number of nitrogens with zero attached hydrogens (tertiary/aromatic N) is 1. The molecular formula is C21H36IN3O5. The number of hydrogen-bond acceptors (Lipinski definition) is 6. The fraction of sp³-hybridized carbons (Fsp3) is 0.667. The van der Waals surface area contributed by atoms with Crippen molar-refractivity contribution in [3.8, 4) is 17.2 Å². The molecule has 0 bridgehead atoms. The van der Waals surface area contributed by atoms with Gasteiger partial charge >= 0.3 is 0 Å². The molecule has 30 heavy (non-hydrogen) atoms. The zero-order valence-electron chi connectivity index (χ0n) is 18.2. The summed E-state index contributed by atoms with van der Waals surface area (Å²) in [4.78, 5) is 4.72. The van der Waals surface area contributed by atoms with Gasteiger partial charge in [-0.1, -0.05) is 0 Å². The quantitative estimate of drug-likeness (QED) is 0.163. The first kappa shape index (κ1) is 26.6. The third-order valence-electron chi connectivity index (χ3n) is 4.95. The highest BCUT2D eigenvalue weighted by Crippen LogP contribution is 2.32. The molecule has 1 unspecified atom stereocenters. The highest BCUT2D eigenvalue weighted by atomic mass is 127. The van der Waals surface area contributed by atoms with Crippen molar-refractivity contribution >= 4 is 29.9 Å². The first-order valence-electron chi connectivity index (χ1n) is 10.2. The Morgan fingerprint density at radius 3 is 2.43 bits per heavy atom. The first-order chi connectivity index (χ1) is 14.1. The van der Waals surface area contributed by atoms with Crippen LogP contribution in [0.4, 0.5) is 0 Å². The van der Waals surface area contributed by atoms with Gasteiger partial charge in [0.05, 0.1) is 34.0 Å². The summed E-state index contributed by atoms with van der Waals surface area (Å²) in [5, 5.41) is 16.0. The van der Waals surface area contributed by atoms with Gasteiger partial charge in [-0.3, -0.25) is 4.99 Å². The van der Waals surface area contributed by atoms with E-state index in [2.05, 4.69) is 10.6 Å². The second-order valence-electron chi connectivity index (χ2n) is 7.15. The van der Waals surface area contributed by atoms with Crippen molar-refractivity contribution in [3.63, 3.8) is 0 Å². The maximum absolute atomic E-state index is 9.36. The molecule has 1 atom stereocenters. The Balaban J connectivity index is 0.00000450. The lowest BCUT2D eigenvalue weighted by Gasteiger charge is -2.24. The van der Waals surface area contributed by atoms with E-state index in [-0.39, 0.29) is 36.0 Å². The van der Waals surface area contributed by atoms with E-state index in [1.165, 1.54) is 0 Å². The normalized spacial score (nSPS) is 18.5. The van der Waals surface area contributed by atoms with Crippen LogP contribution in [0.25, 0.3) is 0 Å². The molecule has 1 saturated heterocycles. The molecule has 1 aliphatic rings. The molecule has 3 N–H and O–H groups in total. The lowest BCUT2D eigenvalue weighted by molar-refractivity contribution is 0.131. The maximum atomic E-state index is 9.36. The van der Waals surface area contributed by atoms with Crippen LogP contribution < -0.4 is 24.8 Å². The van der Waals surface area contributed by atoms with Gasteiger partial charge in [0.25, 0.3) is 0 Å². The van der Waals surface area contributed by atoms with Crippen LogP contribution in [0.3, 0.4) is 0 Å². The van der Waals surface area contributed by atoms with Crippen LogP contribution in [0.1, 0.15) is 26.2 Å². The number of ether oxygens (including phenoxy) is 4. The fourth-order valence-corrected chi connectivity index (χ4v) is 3.21. The number of aliphatic hydroxyl groups is 1. The Hall–Kier alpha value is -1.46. The average molecular weight is 537 g/mol. The van der Waals surface area contributed by atoms with Crippen LogP contribution >= 0.6 is 24.0 Å². The summed E-state index contributed by atoms with van der Waals surface area (Å²) in [5.41, 5.74) is -0.0500. The number of nitrogens with one attached hydrogen (secondary N) is 2. The van der Waals surface area contributed by atoms with E-state index in [0.29, 0.717) is 43.4 Å². The number of aliphatic hydroxyl groups excluding tert-OH is 1. The van der Waals surface area contributed by atoms with Crippen molar-refractivity contribution in [2.24, 2.45) is 10.4 Å². The average Bonchev–Trinajstić information content (AvgIpc) is 3.20. The van der Waals surface area contributed by atoms with Crippen LogP contribution in [-0.4, -0.2) is 71.3 Å². The zero-order valence-corrected chi connectivity index (χ0v) is 20.6. The summed E-state index contributed by atoms with van der Waals surface area (Å²) in [6, 6.07) is 5.49. The van der Waals surface area contributed by atoms with Crippen LogP contribution in [0.15, 0.2) is 23.2 Å². The van der Waals surface area contributed by atoms with Crippen molar-refractivity contribution in [2.75, 3.05) is 60.3 Å². The highest BCUT2D eigenvalue weighted by molar-refractivity contribution is 14.0. The molecule has 0 radical (unpaired) electrons. The van der Waals surface area contributed by atoms with E-state index in [9.17, 15) is 5.11 Å². The fourth-order valence-electron chi connectivity index (χ4n) is 3.21. The van der Waals surface area contributed by atoms with E-state index < -0.39 is 0 Å². The van der Waals surface area contributed by atoms with E-state index in [4.69, 9.17) is 23.9 Å². The Kier molecular flexibility index (Phi) is 12.9. The van der Waals surface area contributed by atoms with Gasteiger partial charge in [-0.25, -0.2) is 0 Å². The third kappa shape index (κ3) is 8.73. The molecule has 172 valence electrons. The molecule has 0 aliphatic carbocycles. The molecule has 0 amide bonds. The summed E-state index contributed by atoms with van der Waals surface area (Å²) in [7, 11) is 3.24. The van der Waals surface area contributed by atoms with E-state index in [1.807, 2.05) is 25.1 Å². The van der Waals surface area contributed by atoms with E-state index >= 15 is 0 Å². The lowest BCUT2D eigenvalue weighted by atomic mass is 9.84. The lowest BCUT2D eigenvalue weighted by Crippen LogP contribution is -2.39. The number of methoxy groups -OCH3 is 2. The van der Waals surface area contributed by atoms with E-state index in [1.54, 1.807) is 14.2 Å². The third-order valence-corrected chi connectivity index (χ3v) is 4.95. The maximum Gasteiger partial charge on any atom is 0.191 e. The van der Waals surface area contributed by atoms with Gasteiger partial charge in [-0.2, -0.15) is 0 Å². The minimum atomic E-state index is -0.0500. The van der Waals surface area contributed by atoms with Gasteiger partial charge in [0, 0.05) is 49.9 Å². The number of aliphatic imine (C=N–C) groups is 1. The molecule has 8 nitrogen and oxygen atoms in total. The number of guanidine groups is 1. The predicted octanol–water partition coefficient (Wildman–Crippen LogP) is 2.43. The molecule has 1 aromatic carbocycles. The van der Waals surface area contributed by atoms with Crippen molar-refractivity contribution < 1.29 is 24.1 Å². The largest absolute Gasteiger partial charge is 0.496 e. The molecule has 1 fully saturated rings. The van der Waals surface area contributed by atoms with Crippen LogP contribution in [0.2, 0.25) is 0 Å². The molecule has 9 heteroatoms. The van der Waals surface area contributed by atoms with Crippen molar-refractivity contribution in [3.05, 3.63) is 18.2 Å². The Bertz CT molecular complexity index is 617. The topological polar surface area (TPSA) is 93.6 Å². The summed E-state index contributed by atoms with van der Waals surface area (Å²) < 4.78 is 21.9. The summed E-state index contributed by atoms with van der Waals surface area (Å²) in [6.07, 6.45) is 2.47. The smallest absolute Gasteiger partial charge is 0.191 e. The number of hydrogen-bond donors (Lipinski definition) is 3. The van der Waals surface area contributed by atoms with Crippen molar-refractivity contribution in [1.29, 1.82) is 0 Å². The van der Waals surface area contributed by atoms with Crippen LogP contribution in [-0.2, 0) is 4.74 Å².